The van der Waals surface area contributed by atoms with Gasteiger partial charge in [0.1, 0.15) is 0 Å². The molecule has 0 bridgehead atoms. The Balaban J connectivity index is 3.06. The smallest absolute Gasteiger partial charge is 0.246 e. The zero-order valence-electron chi connectivity index (χ0n) is 28.7. The van der Waals surface area contributed by atoms with Gasteiger partial charge in [-0.2, -0.15) is 0 Å². The van der Waals surface area contributed by atoms with E-state index in [9.17, 15) is 4.79 Å². The fourth-order valence-corrected chi connectivity index (χ4v) is 6.03. The molecule has 0 aromatic rings. The Bertz CT molecular complexity index is 528. The van der Waals surface area contributed by atoms with Crippen molar-refractivity contribution < 1.29 is 4.79 Å². The third-order valence-electron chi connectivity index (χ3n) is 8.95. The zero-order chi connectivity index (χ0) is 29.9. The lowest BCUT2D eigenvalue weighted by Crippen LogP contribution is -2.24. The molecule has 1 amide bonds. The molecule has 1 N–H and O–H groups in total. The largest absolute Gasteiger partial charge is 0.352 e. The number of unbranched alkanes of at least 4 members (excludes halogenated alkanes) is 32. The Hall–Kier alpha value is -0.790. The average molecular weight is 576 g/mol. The highest BCUT2D eigenvalue weighted by molar-refractivity contribution is 5.91. The van der Waals surface area contributed by atoms with Gasteiger partial charge in [-0.05, 0) is 13.3 Å². The van der Waals surface area contributed by atoms with Gasteiger partial charge in [-0.3, -0.25) is 4.79 Å². The van der Waals surface area contributed by atoms with Gasteiger partial charge in [-0.15, -0.1) is 0 Å². The summed E-state index contributed by atoms with van der Waals surface area (Å²) in [5.41, 5.74) is 0.607. The van der Waals surface area contributed by atoms with Gasteiger partial charge in [-0.25, -0.2) is 0 Å². The van der Waals surface area contributed by atoms with Gasteiger partial charge in [0.25, 0.3) is 0 Å². The number of hydrogen-bond donors (Lipinski definition) is 1. The normalized spacial score (nSPS) is 11.3. The Morgan fingerprint density at radius 1 is 0.390 bits per heavy atom. The molecule has 0 saturated carbocycles. The minimum Gasteiger partial charge on any atom is -0.352 e. The highest BCUT2D eigenvalue weighted by atomic mass is 16.1. The van der Waals surface area contributed by atoms with Crippen molar-refractivity contribution in [1.82, 2.24) is 5.32 Å². The molecule has 0 aliphatic carbocycles. The first-order valence-corrected chi connectivity index (χ1v) is 19.1. The van der Waals surface area contributed by atoms with Crippen LogP contribution in [-0.4, -0.2) is 12.5 Å². The summed E-state index contributed by atoms with van der Waals surface area (Å²) >= 11 is 0. The molecular weight excluding hydrogens is 498 g/mol. The highest BCUT2D eigenvalue weighted by Gasteiger charge is 2.00. The average Bonchev–Trinajstić information content (AvgIpc) is 2.97. The lowest BCUT2D eigenvalue weighted by atomic mass is 10.0. The van der Waals surface area contributed by atoms with Crippen LogP contribution in [-0.2, 0) is 4.79 Å². The topological polar surface area (TPSA) is 29.1 Å². The van der Waals surface area contributed by atoms with Crippen molar-refractivity contribution >= 4 is 5.91 Å². The zero-order valence-corrected chi connectivity index (χ0v) is 28.7. The van der Waals surface area contributed by atoms with E-state index in [0.717, 1.165) is 13.0 Å². The maximum Gasteiger partial charge on any atom is 0.246 e. The molecule has 0 atom stereocenters. The second kappa shape index (κ2) is 35.4. The first-order valence-electron chi connectivity index (χ1n) is 19.1. The van der Waals surface area contributed by atoms with Crippen molar-refractivity contribution in [3.05, 3.63) is 12.2 Å². The van der Waals surface area contributed by atoms with Gasteiger partial charge >= 0.3 is 0 Å². The number of nitrogens with one attached hydrogen (secondary N) is 1. The van der Waals surface area contributed by atoms with Gasteiger partial charge in [0, 0.05) is 12.1 Å². The molecule has 0 rings (SSSR count). The molecule has 0 aliphatic heterocycles. The summed E-state index contributed by atoms with van der Waals surface area (Å²) in [5, 5.41) is 2.92. The molecule has 41 heavy (non-hydrogen) atoms. The van der Waals surface area contributed by atoms with E-state index in [1.807, 2.05) is 0 Å². The van der Waals surface area contributed by atoms with Crippen LogP contribution in [0, 0.1) is 0 Å². The van der Waals surface area contributed by atoms with Crippen LogP contribution in [0.5, 0.6) is 0 Å². The summed E-state index contributed by atoms with van der Waals surface area (Å²) in [6.07, 6.45) is 47.4. The van der Waals surface area contributed by atoms with Crippen molar-refractivity contribution in [3.8, 4) is 0 Å². The number of amides is 1. The standard InChI is InChI=1S/C39H77NO/c1-4-5-6-7-8-9-10-11-12-13-14-15-16-17-18-19-20-21-22-23-24-25-26-27-28-29-30-31-32-33-34-35-36-37-40-39(41)38(2)3/h2,4-37H2,1,3H3,(H,40,41). The predicted octanol–water partition coefficient (Wildman–Crippen LogP) is 13.6. The Kier molecular flexibility index (Phi) is 34.7. The first kappa shape index (κ1) is 40.2. The summed E-state index contributed by atoms with van der Waals surface area (Å²) in [6.45, 7) is 8.53. The molecule has 2 heteroatoms. The molecule has 0 aromatic carbocycles. The minimum atomic E-state index is 0.000828. The molecule has 0 aromatic heterocycles. The van der Waals surface area contributed by atoms with Crippen molar-refractivity contribution in [2.24, 2.45) is 0 Å². The second-order valence-corrected chi connectivity index (χ2v) is 13.3. The summed E-state index contributed by atoms with van der Waals surface area (Å²) < 4.78 is 0. The number of hydrogen-bond acceptors (Lipinski definition) is 1. The molecule has 0 aliphatic rings. The fourth-order valence-electron chi connectivity index (χ4n) is 6.03. The Morgan fingerprint density at radius 3 is 0.780 bits per heavy atom. The van der Waals surface area contributed by atoms with Gasteiger partial charge in [0.15, 0.2) is 0 Å². The maximum atomic E-state index is 11.4. The Morgan fingerprint density at radius 2 is 0.585 bits per heavy atom. The van der Waals surface area contributed by atoms with E-state index in [4.69, 9.17) is 0 Å². The lowest BCUT2D eigenvalue weighted by Gasteiger charge is -2.05. The summed E-state index contributed by atoms with van der Waals surface area (Å²) in [7, 11) is 0. The van der Waals surface area contributed by atoms with Crippen LogP contribution in [0.1, 0.15) is 226 Å². The summed E-state index contributed by atoms with van der Waals surface area (Å²) in [6, 6.07) is 0. The molecule has 2 nitrogen and oxygen atoms in total. The van der Waals surface area contributed by atoms with E-state index in [2.05, 4.69) is 18.8 Å². The summed E-state index contributed by atoms with van der Waals surface area (Å²) in [4.78, 5) is 11.4. The van der Waals surface area contributed by atoms with Crippen LogP contribution in [0.15, 0.2) is 12.2 Å². The predicted molar refractivity (Wildman–Crippen MR) is 186 cm³/mol. The van der Waals surface area contributed by atoms with Crippen LogP contribution in [0.3, 0.4) is 0 Å². The molecule has 0 fully saturated rings. The molecule has 0 spiro atoms. The second-order valence-electron chi connectivity index (χ2n) is 13.3. The molecule has 0 heterocycles. The number of carbonyl (C=O) groups is 1. The van der Waals surface area contributed by atoms with Crippen molar-refractivity contribution in [2.45, 2.75) is 226 Å². The third-order valence-corrected chi connectivity index (χ3v) is 8.95. The number of rotatable bonds is 35. The van der Waals surface area contributed by atoms with Crippen LogP contribution in [0.2, 0.25) is 0 Å². The summed E-state index contributed by atoms with van der Waals surface area (Å²) in [5.74, 6) is 0.000828. The van der Waals surface area contributed by atoms with E-state index in [0.29, 0.717) is 5.57 Å². The van der Waals surface area contributed by atoms with Crippen LogP contribution >= 0.6 is 0 Å². The van der Waals surface area contributed by atoms with Crippen LogP contribution in [0.4, 0.5) is 0 Å². The Labute approximate surface area is 260 Å². The van der Waals surface area contributed by atoms with Gasteiger partial charge in [0.05, 0.1) is 0 Å². The van der Waals surface area contributed by atoms with Crippen LogP contribution in [0.25, 0.3) is 0 Å². The SMILES string of the molecule is C=C(C)C(=O)NCCCCCCCCCCCCCCCCCCCCCCCCCCCCCCCCCCC. The van der Waals surface area contributed by atoms with Crippen molar-refractivity contribution in [3.63, 3.8) is 0 Å². The molecule has 0 saturated heterocycles. The van der Waals surface area contributed by atoms with E-state index in [-0.39, 0.29) is 5.91 Å². The maximum absolute atomic E-state index is 11.4. The van der Waals surface area contributed by atoms with Gasteiger partial charge in [0.2, 0.25) is 5.91 Å². The van der Waals surface area contributed by atoms with E-state index in [1.165, 1.54) is 205 Å². The molecule has 244 valence electrons. The quantitative estimate of drug-likeness (QED) is 0.0591. The number of carbonyl (C=O) groups excluding carboxylic acids is 1. The molecule has 0 radical (unpaired) electrons. The third kappa shape index (κ3) is 35.3. The van der Waals surface area contributed by atoms with Crippen LogP contribution < -0.4 is 5.32 Å². The highest BCUT2D eigenvalue weighted by Crippen LogP contribution is 2.17. The van der Waals surface area contributed by atoms with E-state index < -0.39 is 0 Å². The fraction of sp³-hybridized carbons (Fsp3) is 0.923. The molecule has 0 unspecified atom stereocenters. The van der Waals surface area contributed by atoms with Crippen molar-refractivity contribution in [1.29, 1.82) is 0 Å². The van der Waals surface area contributed by atoms with E-state index in [1.54, 1.807) is 6.92 Å². The van der Waals surface area contributed by atoms with Gasteiger partial charge in [-0.1, -0.05) is 219 Å². The van der Waals surface area contributed by atoms with Crippen molar-refractivity contribution in [2.75, 3.05) is 6.54 Å². The molecular formula is C39H77NO. The lowest BCUT2D eigenvalue weighted by molar-refractivity contribution is -0.117. The van der Waals surface area contributed by atoms with E-state index >= 15 is 0 Å². The first-order chi connectivity index (χ1) is 20.2. The monoisotopic (exact) mass is 576 g/mol. The minimum absolute atomic E-state index is 0.000828. The van der Waals surface area contributed by atoms with Gasteiger partial charge < -0.3 is 5.32 Å².